The fourth-order valence-corrected chi connectivity index (χ4v) is 3.16. The van der Waals surface area contributed by atoms with E-state index < -0.39 is 0 Å². The molecule has 3 nitrogen and oxygen atoms in total. The first-order valence-electron chi connectivity index (χ1n) is 8.11. The molecule has 0 aromatic heterocycles. The zero-order valence-corrected chi connectivity index (χ0v) is 13.6. The zero-order chi connectivity index (χ0) is 14.3. The van der Waals surface area contributed by atoms with Gasteiger partial charge in [-0.05, 0) is 46.3 Å². The number of unbranched alkanes of at least 4 members (excludes halogenated alkanes) is 3. The van der Waals surface area contributed by atoms with E-state index in [1.807, 2.05) is 0 Å². The summed E-state index contributed by atoms with van der Waals surface area (Å²) in [5.41, 5.74) is 6.26. The Balaban J connectivity index is 2.37. The Hall–Kier alpha value is -0.120. The Labute approximate surface area is 120 Å². The molecule has 2 atom stereocenters. The molecule has 3 heteroatoms. The molecule has 0 saturated carbocycles. The van der Waals surface area contributed by atoms with Gasteiger partial charge in [-0.15, -0.1) is 0 Å². The summed E-state index contributed by atoms with van der Waals surface area (Å²) in [6, 6.07) is 0. The number of nitrogens with zero attached hydrogens (tertiary/aromatic N) is 2. The van der Waals surface area contributed by atoms with Crippen molar-refractivity contribution < 1.29 is 0 Å². The molecule has 1 saturated heterocycles. The first-order valence-corrected chi connectivity index (χ1v) is 8.11. The van der Waals surface area contributed by atoms with E-state index in [2.05, 4.69) is 37.7 Å². The number of hydrogen-bond acceptors (Lipinski definition) is 3. The molecule has 0 aromatic rings. The van der Waals surface area contributed by atoms with Crippen LogP contribution >= 0.6 is 0 Å². The van der Waals surface area contributed by atoms with Gasteiger partial charge in [0.05, 0.1) is 0 Å². The summed E-state index contributed by atoms with van der Waals surface area (Å²) in [4.78, 5) is 4.97. The predicted octanol–water partition coefficient (Wildman–Crippen LogP) is 2.56. The Morgan fingerprint density at radius 3 is 2.58 bits per heavy atom. The summed E-state index contributed by atoms with van der Waals surface area (Å²) >= 11 is 0. The van der Waals surface area contributed by atoms with E-state index in [0.717, 1.165) is 12.5 Å². The van der Waals surface area contributed by atoms with Gasteiger partial charge in [0.25, 0.3) is 0 Å². The van der Waals surface area contributed by atoms with Crippen LogP contribution in [-0.2, 0) is 0 Å². The van der Waals surface area contributed by atoms with E-state index in [1.54, 1.807) is 0 Å². The minimum absolute atomic E-state index is 0.189. The van der Waals surface area contributed by atoms with Gasteiger partial charge in [-0.1, -0.05) is 32.6 Å². The SMILES string of the molecule is CCCCCCC(C)(CN)N(C)CC1CCN(C)C1. The largest absolute Gasteiger partial charge is 0.329 e. The van der Waals surface area contributed by atoms with Crippen LogP contribution in [0.4, 0.5) is 0 Å². The van der Waals surface area contributed by atoms with Gasteiger partial charge < -0.3 is 10.6 Å². The van der Waals surface area contributed by atoms with E-state index >= 15 is 0 Å². The molecule has 1 aliphatic heterocycles. The predicted molar refractivity (Wildman–Crippen MR) is 84.5 cm³/mol. The highest BCUT2D eigenvalue weighted by Gasteiger charge is 2.30. The van der Waals surface area contributed by atoms with Gasteiger partial charge in [0, 0.05) is 25.2 Å². The third-order valence-electron chi connectivity index (χ3n) is 4.95. The zero-order valence-electron chi connectivity index (χ0n) is 13.6. The highest BCUT2D eigenvalue weighted by Crippen LogP contribution is 2.24. The molecule has 0 radical (unpaired) electrons. The van der Waals surface area contributed by atoms with Crippen molar-refractivity contribution in [3.63, 3.8) is 0 Å². The molecule has 0 amide bonds. The maximum absolute atomic E-state index is 6.07. The highest BCUT2D eigenvalue weighted by molar-refractivity contribution is 4.88. The molecular weight excluding hydrogens is 234 g/mol. The van der Waals surface area contributed by atoms with Crippen LogP contribution in [0.3, 0.4) is 0 Å². The molecule has 1 fully saturated rings. The first-order chi connectivity index (χ1) is 9.01. The molecule has 0 bridgehead atoms. The quantitative estimate of drug-likeness (QED) is 0.653. The van der Waals surface area contributed by atoms with Gasteiger partial charge in [0.1, 0.15) is 0 Å². The van der Waals surface area contributed by atoms with Crippen LogP contribution < -0.4 is 5.73 Å². The minimum Gasteiger partial charge on any atom is -0.329 e. The molecule has 1 heterocycles. The van der Waals surface area contributed by atoms with Gasteiger partial charge in [0.2, 0.25) is 0 Å². The maximum Gasteiger partial charge on any atom is 0.0300 e. The number of rotatable bonds is 9. The van der Waals surface area contributed by atoms with E-state index in [1.165, 1.54) is 58.2 Å². The summed E-state index contributed by atoms with van der Waals surface area (Å²) < 4.78 is 0. The van der Waals surface area contributed by atoms with Crippen LogP contribution in [0.1, 0.15) is 52.4 Å². The lowest BCUT2D eigenvalue weighted by Crippen LogP contribution is -2.51. The van der Waals surface area contributed by atoms with E-state index in [9.17, 15) is 0 Å². The number of hydrogen-bond donors (Lipinski definition) is 1. The average molecular weight is 269 g/mol. The molecule has 0 aromatic carbocycles. The topological polar surface area (TPSA) is 32.5 Å². The van der Waals surface area contributed by atoms with Crippen LogP contribution in [0, 0.1) is 5.92 Å². The van der Waals surface area contributed by atoms with Crippen molar-refractivity contribution in [2.24, 2.45) is 11.7 Å². The minimum atomic E-state index is 0.189. The number of likely N-dealkylation sites (N-methyl/N-ethyl adjacent to an activating group) is 1. The Kier molecular flexibility index (Phi) is 7.33. The van der Waals surface area contributed by atoms with Crippen LogP contribution in [0.2, 0.25) is 0 Å². The van der Waals surface area contributed by atoms with Crippen LogP contribution in [0.25, 0.3) is 0 Å². The standard InChI is InChI=1S/C16H35N3/c1-5-6-7-8-10-16(2,14-17)19(4)13-15-9-11-18(3)12-15/h15H,5-14,17H2,1-4H3. The molecule has 0 spiro atoms. The van der Waals surface area contributed by atoms with Crippen molar-refractivity contribution in [1.82, 2.24) is 9.80 Å². The lowest BCUT2D eigenvalue weighted by atomic mass is 9.91. The van der Waals surface area contributed by atoms with Gasteiger partial charge in [0.15, 0.2) is 0 Å². The van der Waals surface area contributed by atoms with Crippen molar-refractivity contribution in [2.45, 2.75) is 57.9 Å². The molecule has 114 valence electrons. The van der Waals surface area contributed by atoms with Gasteiger partial charge in [-0.25, -0.2) is 0 Å². The molecule has 2 unspecified atom stereocenters. The molecule has 1 aliphatic rings. The second-order valence-corrected chi connectivity index (χ2v) is 6.81. The third-order valence-corrected chi connectivity index (χ3v) is 4.95. The van der Waals surface area contributed by atoms with E-state index in [0.29, 0.717) is 0 Å². The van der Waals surface area contributed by atoms with E-state index in [-0.39, 0.29) is 5.54 Å². The van der Waals surface area contributed by atoms with Crippen molar-refractivity contribution in [3.8, 4) is 0 Å². The molecule has 0 aliphatic carbocycles. The smallest absolute Gasteiger partial charge is 0.0300 e. The monoisotopic (exact) mass is 269 g/mol. The van der Waals surface area contributed by atoms with Crippen molar-refractivity contribution in [3.05, 3.63) is 0 Å². The number of nitrogens with two attached hydrogens (primary N) is 1. The summed E-state index contributed by atoms with van der Waals surface area (Å²) in [5.74, 6) is 0.830. The lowest BCUT2D eigenvalue weighted by molar-refractivity contribution is 0.111. The summed E-state index contributed by atoms with van der Waals surface area (Å²) in [6.45, 7) is 9.10. The Bertz CT molecular complexity index is 244. The molecule has 1 rings (SSSR count). The molecule has 2 N–H and O–H groups in total. The van der Waals surface area contributed by atoms with Gasteiger partial charge in [-0.3, -0.25) is 4.90 Å². The van der Waals surface area contributed by atoms with Crippen LogP contribution in [0.5, 0.6) is 0 Å². The molecular formula is C16H35N3. The average Bonchev–Trinajstić information content (AvgIpc) is 2.79. The van der Waals surface area contributed by atoms with Crippen molar-refractivity contribution in [2.75, 3.05) is 40.3 Å². The Morgan fingerprint density at radius 2 is 2.05 bits per heavy atom. The summed E-state index contributed by atoms with van der Waals surface area (Å²) in [5, 5.41) is 0. The van der Waals surface area contributed by atoms with Crippen molar-refractivity contribution >= 4 is 0 Å². The fourth-order valence-electron chi connectivity index (χ4n) is 3.16. The third kappa shape index (κ3) is 5.41. The second-order valence-electron chi connectivity index (χ2n) is 6.81. The summed E-state index contributed by atoms with van der Waals surface area (Å²) in [7, 11) is 4.50. The Morgan fingerprint density at radius 1 is 1.32 bits per heavy atom. The van der Waals surface area contributed by atoms with Crippen LogP contribution in [-0.4, -0.2) is 55.6 Å². The normalized spacial score (nSPS) is 24.0. The molecule has 19 heavy (non-hydrogen) atoms. The van der Waals surface area contributed by atoms with Crippen molar-refractivity contribution in [1.29, 1.82) is 0 Å². The summed E-state index contributed by atoms with van der Waals surface area (Å²) in [6.07, 6.45) is 7.92. The van der Waals surface area contributed by atoms with Crippen LogP contribution in [0.15, 0.2) is 0 Å². The van der Waals surface area contributed by atoms with Gasteiger partial charge >= 0.3 is 0 Å². The number of likely N-dealkylation sites (tertiary alicyclic amines) is 1. The second kappa shape index (κ2) is 8.23. The first kappa shape index (κ1) is 16.9. The highest BCUT2D eigenvalue weighted by atomic mass is 15.2. The van der Waals surface area contributed by atoms with Gasteiger partial charge in [-0.2, -0.15) is 0 Å². The van der Waals surface area contributed by atoms with E-state index in [4.69, 9.17) is 5.73 Å². The lowest BCUT2D eigenvalue weighted by Gasteiger charge is -2.39. The maximum atomic E-state index is 6.07. The fraction of sp³-hybridized carbons (Fsp3) is 1.00.